The van der Waals surface area contributed by atoms with Gasteiger partial charge in [0.15, 0.2) is 0 Å². The van der Waals surface area contributed by atoms with E-state index in [0.717, 1.165) is 25.7 Å². The number of nitrogens with one attached hydrogen (secondary N) is 2. The lowest BCUT2D eigenvalue weighted by Gasteiger charge is -2.14. The molecule has 4 aromatic carbocycles. The van der Waals surface area contributed by atoms with Crippen LogP contribution in [0.3, 0.4) is 0 Å². The highest BCUT2D eigenvalue weighted by Gasteiger charge is 2.35. The van der Waals surface area contributed by atoms with Crippen LogP contribution in [0.15, 0.2) is 70.4 Å². The zero-order valence-electron chi connectivity index (χ0n) is 24.3. The number of aryl methyl sites for hydroxylation is 1. The van der Waals surface area contributed by atoms with Crippen molar-refractivity contribution in [1.29, 1.82) is 0 Å². The summed E-state index contributed by atoms with van der Waals surface area (Å²) in [4.78, 5) is 39.1. The molecule has 6 rings (SSSR count). The third-order valence-electron chi connectivity index (χ3n) is 8.40. The number of rotatable bonds is 10. The van der Waals surface area contributed by atoms with Crippen LogP contribution in [0.4, 0.5) is 0 Å². The Bertz CT molecular complexity index is 1970. The SMILES string of the molecule is O=C(CCCc1ccc2ccc3cccc4ccc1c2c34)NCCCCC#Cc1cn([C@H]2C[C@H](O)[C@@H](CO)O2)c(=O)[nH]c1=O. The van der Waals surface area contributed by atoms with Gasteiger partial charge in [-0.1, -0.05) is 66.4 Å². The number of ether oxygens (including phenoxy) is 1. The van der Waals surface area contributed by atoms with Gasteiger partial charge in [-0.3, -0.25) is 19.1 Å². The van der Waals surface area contributed by atoms with E-state index in [0.29, 0.717) is 19.4 Å². The van der Waals surface area contributed by atoms with E-state index in [1.807, 2.05) is 0 Å². The largest absolute Gasteiger partial charge is 0.394 e. The zero-order chi connectivity index (χ0) is 30.6. The smallest absolute Gasteiger partial charge is 0.330 e. The van der Waals surface area contributed by atoms with E-state index >= 15 is 0 Å². The third kappa shape index (κ3) is 6.10. The molecular weight excluding hydrogens is 558 g/mol. The highest BCUT2D eigenvalue weighted by Crippen LogP contribution is 2.36. The minimum Gasteiger partial charge on any atom is -0.394 e. The molecule has 0 aliphatic carbocycles. The van der Waals surface area contributed by atoms with Gasteiger partial charge in [-0.05, 0) is 63.6 Å². The van der Waals surface area contributed by atoms with Crippen LogP contribution in [-0.2, 0) is 16.0 Å². The molecule has 0 saturated carbocycles. The second kappa shape index (κ2) is 13.0. The molecule has 4 N–H and O–H groups in total. The molecule has 44 heavy (non-hydrogen) atoms. The molecule has 3 atom stereocenters. The van der Waals surface area contributed by atoms with Crippen molar-refractivity contribution in [2.24, 2.45) is 0 Å². The fourth-order valence-electron chi connectivity index (χ4n) is 6.10. The van der Waals surface area contributed by atoms with E-state index < -0.39 is 29.7 Å². The lowest BCUT2D eigenvalue weighted by atomic mass is 9.90. The van der Waals surface area contributed by atoms with Gasteiger partial charge in [-0.2, -0.15) is 0 Å². The Morgan fingerprint density at radius 3 is 2.52 bits per heavy atom. The number of hydrogen-bond acceptors (Lipinski definition) is 6. The van der Waals surface area contributed by atoms with Crippen LogP contribution >= 0.6 is 0 Å². The van der Waals surface area contributed by atoms with Crippen LogP contribution in [0, 0.1) is 11.8 Å². The minimum absolute atomic E-state index is 0.0327. The maximum absolute atomic E-state index is 12.5. The molecule has 9 nitrogen and oxygen atoms in total. The van der Waals surface area contributed by atoms with Gasteiger partial charge in [-0.15, -0.1) is 0 Å². The van der Waals surface area contributed by atoms with Crippen molar-refractivity contribution in [1.82, 2.24) is 14.9 Å². The number of benzene rings is 4. The summed E-state index contributed by atoms with van der Waals surface area (Å²) in [6.45, 7) is 0.184. The summed E-state index contributed by atoms with van der Waals surface area (Å²) in [7, 11) is 0. The van der Waals surface area contributed by atoms with Gasteiger partial charge in [0.05, 0.1) is 12.7 Å². The maximum atomic E-state index is 12.5. The summed E-state index contributed by atoms with van der Waals surface area (Å²) in [6, 6.07) is 19.5. The molecule has 226 valence electrons. The second-order valence-corrected chi connectivity index (χ2v) is 11.4. The van der Waals surface area contributed by atoms with E-state index in [1.165, 1.54) is 48.6 Å². The Hall–Kier alpha value is -4.49. The highest BCUT2D eigenvalue weighted by atomic mass is 16.5. The number of carbonyl (C=O) groups excluding carboxylic acids is 1. The molecule has 1 saturated heterocycles. The predicted molar refractivity (Wildman–Crippen MR) is 170 cm³/mol. The molecule has 1 aliphatic heterocycles. The standard InChI is InChI=1S/C35H35N3O6/c39-21-29-28(40)19-31(44-29)38-20-26(34(42)37-35(38)43)7-3-1-2-4-18-36-30(41)11-6-8-22-12-13-25-15-14-23-9-5-10-24-16-17-27(22)33(25)32(23)24/h5,9-10,12-17,20,28-29,31,39-40H,1-2,4,6,8,11,18-19,21H2,(H,36,41)(H,37,42,43)/t28-,29+,31+/m0/s1. The number of carbonyl (C=O) groups is 1. The first kappa shape index (κ1) is 29.6. The quantitative estimate of drug-likeness (QED) is 0.111. The fourth-order valence-corrected chi connectivity index (χ4v) is 6.10. The van der Waals surface area contributed by atoms with Gasteiger partial charge in [0.25, 0.3) is 5.56 Å². The lowest BCUT2D eigenvalue weighted by molar-refractivity contribution is -0.121. The Morgan fingerprint density at radius 2 is 1.75 bits per heavy atom. The first-order valence-electron chi connectivity index (χ1n) is 15.1. The van der Waals surface area contributed by atoms with Crippen molar-refractivity contribution in [3.8, 4) is 11.8 Å². The van der Waals surface area contributed by atoms with Crippen LogP contribution in [0.5, 0.6) is 0 Å². The van der Waals surface area contributed by atoms with Crippen molar-refractivity contribution < 1.29 is 19.7 Å². The van der Waals surface area contributed by atoms with Gasteiger partial charge in [0, 0.05) is 32.0 Å². The van der Waals surface area contributed by atoms with Gasteiger partial charge < -0.3 is 20.3 Å². The van der Waals surface area contributed by atoms with Crippen molar-refractivity contribution in [3.05, 3.63) is 92.8 Å². The summed E-state index contributed by atoms with van der Waals surface area (Å²) < 4.78 is 6.70. The molecule has 5 aromatic rings. The molecule has 2 heterocycles. The molecule has 1 aromatic heterocycles. The van der Waals surface area contributed by atoms with Crippen LogP contribution in [0.1, 0.15) is 55.9 Å². The van der Waals surface area contributed by atoms with Crippen LogP contribution in [0.2, 0.25) is 0 Å². The van der Waals surface area contributed by atoms with Crippen molar-refractivity contribution in [2.45, 2.75) is 63.4 Å². The van der Waals surface area contributed by atoms with Gasteiger partial charge in [0.1, 0.15) is 17.9 Å². The third-order valence-corrected chi connectivity index (χ3v) is 8.40. The molecule has 0 radical (unpaired) electrons. The van der Waals surface area contributed by atoms with Crippen molar-refractivity contribution in [3.63, 3.8) is 0 Å². The van der Waals surface area contributed by atoms with Crippen molar-refractivity contribution >= 4 is 38.2 Å². The van der Waals surface area contributed by atoms with Gasteiger partial charge in [-0.25, -0.2) is 4.79 Å². The highest BCUT2D eigenvalue weighted by molar-refractivity contribution is 6.23. The number of aromatic nitrogens is 2. The first-order chi connectivity index (χ1) is 21.4. The molecule has 9 heteroatoms. The number of amides is 1. The van der Waals surface area contributed by atoms with Crippen LogP contribution in [0.25, 0.3) is 32.3 Å². The van der Waals surface area contributed by atoms with E-state index in [-0.39, 0.29) is 24.5 Å². The average molecular weight is 594 g/mol. The zero-order valence-corrected chi connectivity index (χ0v) is 24.3. The molecule has 1 amide bonds. The Balaban J connectivity index is 0.954. The molecule has 0 spiro atoms. The van der Waals surface area contributed by atoms with Crippen LogP contribution < -0.4 is 16.6 Å². The van der Waals surface area contributed by atoms with E-state index in [1.54, 1.807) is 0 Å². The number of aromatic amines is 1. The molecule has 0 bridgehead atoms. The minimum atomic E-state index is -0.905. The summed E-state index contributed by atoms with van der Waals surface area (Å²) in [5.74, 6) is 5.79. The lowest BCUT2D eigenvalue weighted by Crippen LogP contribution is -2.33. The monoisotopic (exact) mass is 593 g/mol. The molecule has 1 fully saturated rings. The Morgan fingerprint density at radius 1 is 1.00 bits per heavy atom. The van der Waals surface area contributed by atoms with E-state index in [2.05, 4.69) is 76.7 Å². The normalized spacial score (nSPS) is 18.2. The van der Waals surface area contributed by atoms with E-state index in [4.69, 9.17) is 4.74 Å². The summed E-state index contributed by atoms with van der Waals surface area (Å²) >= 11 is 0. The maximum Gasteiger partial charge on any atom is 0.330 e. The number of aliphatic hydroxyl groups is 2. The fraction of sp³-hybridized carbons (Fsp3) is 0.343. The Labute approximate surface area is 253 Å². The second-order valence-electron chi connectivity index (χ2n) is 11.4. The van der Waals surface area contributed by atoms with Crippen LogP contribution in [-0.4, -0.2) is 51.0 Å². The Kier molecular flexibility index (Phi) is 8.75. The summed E-state index contributed by atoms with van der Waals surface area (Å²) in [6.07, 6.45) is 3.04. The number of aliphatic hydroxyl groups excluding tert-OH is 2. The number of H-pyrrole nitrogens is 1. The van der Waals surface area contributed by atoms with Crippen molar-refractivity contribution in [2.75, 3.05) is 13.2 Å². The molecule has 1 aliphatic rings. The number of hydrogen-bond donors (Lipinski definition) is 4. The van der Waals surface area contributed by atoms with Gasteiger partial charge in [0.2, 0.25) is 5.91 Å². The van der Waals surface area contributed by atoms with Gasteiger partial charge >= 0.3 is 5.69 Å². The summed E-state index contributed by atoms with van der Waals surface area (Å²) in [5, 5.41) is 29.8. The number of nitrogens with zero attached hydrogens (tertiary/aromatic N) is 1. The van der Waals surface area contributed by atoms with E-state index in [9.17, 15) is 24.6 Å². The topological polar surface area (TPSA) is 134 Å². The average Bonchev–Trinajstić information content (AvgIpc) is 3.40. The molecule has 0 unspecified atom stereocenters. The summed E-state index contributed by atoms with van der Waals surface area (Å²) in [5.41, 5.74) is 0.126. The first-order valence-corrected chi connectivity index (χ1v) is 15.1. The molecular formula is C35H35N3O6. The predicted octanol–water partition coefficient (Wildman–Crippen LogP) is 3.74. The number of unbranched alkanes of at least 4 members (excludes halogenated alkanes) is 2.